The number of nitrogen functional groups attached to an aromatic ring is 2. The zero-order chi connectivity index (χ0) is 31.7. The highest BCUT2D eigenvalue weighted by atomic mass is 31.2. The minimum absolute atomic E-state index is 0.0409. The highest BCUT2D eigenvalue weighted by molar-refractivity contribution is 7.85. The SMILES string of the molecule is Nc1ccc(Oc2ccc(P(=O)(c3ccccc3)c3ccccc3)c(Oc3ccc(N)c(C(F)(F)F)c3)c2)cc1C(F)(F)F. The molecule has 0 saturated heterocycles. The van der Waals surface area contributed by atoms with Crippen LogP contribution in [0.3, 0.4) is 0 Å². The molecule has 5 aromatic rings. The number of alkyl halides is 6. The Morgan fingerprint density at radius 2 is 0.932 bits per heavy atom. The number of halogens is 6. The van der Waals surface area contributed by atoms with Crippen molar-refractivity contribution in [3.05, 3.63) is 126 Å². The van der Waals surface area contributed by atoms with Crippen molar-refractivity contribution in [2.24, 2.45) is 0 Å². The van der Waals surface area contributed by atoms with Crippen LogP contribution < -0.4 is 36.9 Å². The zero-order valence-electron chi connectivity index (χ0n) is 22.6. The van der Waals surface area contributed by atoms with E-state index in [9.17, 15) is 26.3 Å². The molecule has 0 aromatic heterocycles. The second-order valence-corrected chi connectivity index (χ2v) is 12.3. The smallest absolute Gasteiger partial charge is 0.418 e. The summed E-state index contributed by atoms with van der Waals surface area (Å²) in [5, 5.41) is 0.929. The number of rotatable bonds is 7. The fourth-order valence-electron chi connectivity index (χ4n) is 4.55. The predicted molar refractivity (Wildman–Crippen MR) is 158 cm³/mol. The second kappa shape index (κ2) is 11.7. The first-order valence-corrected chi connectivity index (χ1v) is 14.6. The van der Waals surface area contributed by atoms with E-state index in [4.69, 9.17) is 20.9 Å². The van der Waals surface area contributed by atoms with Gasteiger partial charge in [0.25, 0.3) is 0 Å². The molecule has 0 aliphatic carbocycles. The zero-order valence-corrected chi connectivity index (χ0v) is 23.5. The standard InChI is InChI=1S/C32H23F6N2O3P/c33-31(34,35)25-17-20(11-14-27(25)39)42-22-13-16-30(29(19-22)43-21-12-15-28(40)26(18-21)32(36,37)38)44(41,23-7-3-1-4-8-23)24-9-5-2-6-10-24/h1-19H,39-40H2. The molecule has 44 heavy (non-hydrogen) atoms. The number of hydrogen-bond acceptors (Lipinski definition) is 5. The third kappa shape index (κ3) is 6.23. The van der Waals surface area contributed by atoms with Crippen molar-refractivity contribution in [3.8, 4) is 23.0 Å². The molecule has 0 spiro atoms. The number of ether oxygens (including phenoxy) is 2. The summed E-state index contributed by atoms with van der Waals surface area (Å²) in [6.07, 6.45) is -9.53. The van der Waals surface area contributed by atoms with E-state index in [1.165, 1.54) is 30.3 Å². The molecule has 0 heterocycles. The average molecular weight is 629 g/mol. The van der Waals surface area contributed by atoms with E-state index in [1.54, 1.807) is 60.7 Å². The second-order valence-electron chi connectivity index (χ2n) is 9.61. The fourth-order valence-corrected chi connectivity index (χ4v) is 7.30. The maximum atomic E-state index is 15.1. The summed E-state index contributed by atoms with van der Waals surface area (Å²) in [6.45, 7) is 0. The van der Waals surface area contributed by atoms with Crippen molar-refractivity contribution in [3.63, 3.8) is 0 Å². The van der Waals surface area contributed by atoms with Gasteiger partial charge >= 0.3 is 12.4 Å². The monoisotopic (exact) mass is 628 g/mol. The maximum Gasteiger partial charge on any atom is 0.418 e. The third-order valence-electron chi connectivity index (χ3n) is 6.63. The van der Waals surface area contributed by atoms with Crippen molar-refractivity contribution in [2.75, 3.05) is 11.5 Å². The first-order chi connectivity index (χ1) is 20.8. The average Bonchev–Trinajstić information content (AvgIpc) is 2.98. The van der Waals surface area contributed by atoms with E-state index < -0.39 is 42.0 Å². The molecule has 12 heteroatoms. The highest BCUT2D eigenvalue weighted by Crippen LogP contribution is 2.47. The molecule has 5 rings (SSSR count). The van der Waals surface area contributed by atoms with Crippen molar-refractivity contribution < 1.29 is 40.4 Å². The van der Waals surface area contributed by atoms with Crippen LogP contribution in [0.2, 0.25) is 0 Å². The van der Waals surface area contributed by atoms with Crippen molar-refractivity contribution in [1.82, 2.24) is 0 Å². The van der Waals surface area contributed by atoms with Gasteiger partial charge in [0.15, 0.2) is 7.14 Å². The molecule has 0 fully saturated rings. The Kier molecular flexibility index (Phi) is 8.09. The van der Waals surface area contributed by atoms with Gasteiger partial charge in [0.1, 0.15) is 23.0 Å². The molecule has 0 amide bonds. The molecule has 0 aliphatic heterocycles. The molecule has 4 N–H and O–H groups in total. The lowest BCUT2D eigenvalue weighted by Gasteiger charge is -2.23. The molecule has 0 aliphatic rings. The van der Waals surface area contributed by atoms with E-state index in [2.05, 4.69) is 0 Å². The van der Waals surface area contributed by atoms with Gasteiger partial charge in [0.2, 0.25) is 0 Å². The number of anilines is 2. The molecule has 5 aromatic carbocycles. The van der Waals surface area contributed by atoms with Gasteiger partial charge in [-0.3, -0.25) is 0 Å². The third-order valence-corrected chi connectivity index (χ3v) is 9.73. The topological polar surface area (TPSA) is 87.6 Å². The highest BCUT2D eigenvalue weighted by Gasteiger charge is 2.36. The number of nitrogens with two attached hydrogens (primary N) is 2. The molecule has 0 bridgehead atoms. The van der Waals surface area contributed by atoms with Crippen LogP contribution in [0.25, 0.3) is 0 Å². The van der Waals surface area contributed by atoms with Crippen LogP contribution in [-0.2, 0) is 16.9 Å². The Balaban J connectivity index is 1.68. The van der Waals surface area contributed by atoms with Gasteiger partial charge in [-0.2, -0.15) is 26.3 Å². The minimum Gasteiger partial charge on any atom is -0.457 e. The fraction of sp³-hybridized carbons (Fsp3) is 0.0625. The molecule has 0 radical (unpaired) electrons. The summed E-state index contributed by atoms with van der Waals surface area (Å²) in [7, 11) is -3.74. The summed E-state index contributed by atoms with van der Waals surface area (Å²) >= 11 is 0. The molecular formula is C32H23F6N2O3P. The van der Waals surface area contributed by atoms with Crippen LogP contribution in [0.15, 0.2) is 115 Å². The largest absolute Gasteiger partial charge is 0.457 e. The van der Waals surface area contributed by atoms with Crippen molar-refractivity contribution >= 4 is 34.4 Å². The van der Waals surface area contributed by atoms with Crippen LogP contribution in [-0.4, -0.2) is 0 Å². The molecule has 0 unspecified atom stereocenters. The van der Waals surface area contributed by atoms with E-state index >= 15 is 4.57 Å². The van der Waals surface area contributed by atoms with Gasteiger partial charge < -0.3 is 25.5 Å². The number of benzene rings is 5. The van der Waals surface area contributed by atoms with Gasteiger partial charge in [-0.1, -0.05) is 60.7 Å². The Hall–Kier alpha value is -4.89. The summed E-state index contributed by atoms with van der Waals surface area (Å²) in [5.41, 5.74) is 7.78. The summed E-state index contributed by atoms with van der Waals surface area (Å²) in [6, 6.07) is 26.8. The lowest BCUT2D eigenvalue weighted by Crippen LogP contribution is -2.26. The predicted octanol–water partition coefficient (Wildman–Crippen LogP) is 8.11. The molecule has 0 atom stereocenters. The quantitative estimate of drug-likeness (QED) is 0.108. The van der Waals surface area contributed by atoms with Crippen LogP contribution in [0.1, 0.15) is 11.1 Å². The van der Waals surface area contributed by atoms with E-state index in [0.717, 1.165) is 18.2 Å². The van der Waals surface area contributed by atoms with E-state index in [0.29, 0.717) is 16.7 Å². The van der Waals surface area contributed by atoms with E-state index in [-0.39, 0.29) is 28.3 Å². The lowest BCUT2D eigenvalue weighted by molar-refractivity contribution is -0.137. The Labute approximate surface area is 248 Å². The maximum absolute atomic E-state index is 15.1. The molecule has 5 nitrogen and oxygen atoms in total. The van der Waals surface area contributed by atoms with Gasteiger partial charge in [0, 0.05) is 28.1 Å². The Morgan fingerprint density at radius 3 is 1.39 bits per heavy atom. The van der Waals surface area contributed by atoms with Crippen molar-refractivity contribution in [1.29, 1.82) is 0 Å². The number of hydrogen-bond donors (Lipinski definition) is 2. The first kappa shape index (κ1) is 30.6. The van der Waals surface area contributed by atoms with Gasteiger partial charge in [-0.25, -0.2) is 0 Å². The molecule has 0 saturated carbocycles. The summed E-state index contributed by atoms with van der Waals surface area (Å²) in [4.78, 5) is 0. The van der Waals surface area contributed by atoms with Crippen LogP contribution >= 0.6 is 7.14 Å². The first-order valence-electron chi connectivity index (χ1n) is 12.9. The summed E-state index contributed by atoms with van der Waals surface area (Å²) in [5.74, 6) is -0.681. The van der Waals surface area contributed by atoms with Gasteiger partial charge in [0.05, 0.1) is 16.4 Å². The molecule has 226 valence electrons. The van der Waals surface area contributed by atoms with Crippen LogP contribution in [0.5, 0.6) is 23.0 Å². The normalized spacial score (nSPS) is 12.1. The Morgan fingerprint density at radius 1 is 0.523 bits per heavy atom. The van der Waals surface area contributed by atoms with Crippen LogP contribution in [0, 0.1) is 0 Å². The summed E-state index contributed by atoms with van der Waals surface area (Å²) < 4.78 is 108. The van der Waals surface area contributed by atoms with E-state index in [1.807, 2.05) is 0 Å². The minimum atomic E-state index is -4.79. The molecular weight excluding hydrogens is 605 g/mol. The van der Waals surface area contributed by atoms with Gasteiger partial charge in [-0.15, -0.1) is 0 Å². The Bertz CT molecular complexity index is 1800. The van der Waals surface area contributed by atoms with Gasteiger partial charge in [-0.05, 0) is 48.5 Å². The lowest BCUT2D eigenvalue weighted by atomic mass is 10.1. The van der Waals surface area contributed by atoms with Crippen LogP contribution in [0.4, 0.5) is 37.7 Å². The van der Waals surface area contributed by atoms with Crippen molar-refractivity contribution in [2.45, 2.75) is 12.4 Å².